The van der Waals surface area contributed by atoms with Crippen molar-refractivity contribution in [3.05, 3.63) is 63.1 Å². The maximum Gasteiger partial charge on any atom is 0.416 e. The lowest BCUT2D eigenvalue weighted by atomic mass is 10.1. The highest BCUT2D eigenvalue weighted by Gasteiger charge is 2.35. The van der Waals surface area contributed by atoms with E-state index in [1.54, 1.807) is 26.2 Å². The summed E-state index contributed by atoms with van der Waals surface area (Å²) >= 11 is 0. The average molecular weight is 688 g/mol. The smallest absolute Gasteiger partial charge is 0.380 e. The Bertz CT molecular complexity index is 1890. The number of imidazole rings is 1. The lowest BCUT2D eigenvalue weighted by Gasteiger charge is -2.18. The molecule has 1 aliphatic heterocycles. The Morgan fingerprint density at radius 1 is 0.979 bits per heavy atom. The molecule has 48 heavy (non-hydrogen) atoms. The predicted octanol–water partition coefficient (Wildman–Crippen LogP) is 5.47. The minimum atomic E-state index is -4.51. The van der Waals surface area contributed by atoms with Gasteiger partial charge in [0.1, 0.15) is 5.82 Å². The summed E-state index contributed by atoms with van der Waals surface area (Å²) < 4.78 is 52.1. The Morgan fingerprint density at radius 2 is 1.71 bits per heavy atom. The Morgan fingerprint density at radius 3 is 2.40 bits per heavy atom. The van der Waals surface area contributed by atoms with Crippen LogP contribution >= 0.6 is 0 Å². The van der Waals surface area contributed by atoms with Gasteiger partial charge in [-0.25, -0.2) is 9.78 Å². The quantitative estimate of drug-likeness (QED) is 0.129. The number of alkyl halides is 3. The second kappa shape index (κ2) is 14.2. The molecule has 11 nitrogen and oxygen atoms in total. The molecule has 1 fully saturated rings. The Labute approximate surface area is 277 Å². The van der Waals surface area contributed by atoms with Crippen LogP contribution in [0.4, 0.5) is 18.9 Å². The zero-order chi connectivity index (χ0) is 34.8. The van der Waals surface area contributed by atoms with Crippen LogP contribution in [0.15, 0.2) is 46.2 Å². The summed E-state index contributed by atoms with van der Waals surface area (Å²) in [6.45, 7) is 13.2. The van der Waals surface area contributed by atoms with Gasteiger partial charge in [0, 0.05) is 52.7 Å². The van der Waals surface area contributed by atoms with Crippen molar-refractivity contribution in [2.75, 3.05) is 24.7 Å². The van der Waals surface area contributed by atoms with Crippen LogP contribution in [-0.4, -0.2) is 62.2 Å². The maximum atomic E-state index is 13.8. The summed E-state index contributed by atoms with van der Waals surface area (Å²) in [4.78, 5) is 46.8. The number of carbonyl (C=O) groups is 1. The summed E-state index contributed by atoms with van der Waals surface area (Å²) in [7, 11) is -1.30. The molecule has 0 aliphatic carbocycles. The standard InChI is InChI=1S/C33H44F3N7O4Si/c1-6-12-42-29-27(31(45)43(13-7-2)32(42)46)41(15-16-47-17-18-48(3,4)5)28(38-29)24-20-37-39(22-24)21-23-11-14-40(30(23)44)26-10-8-9-25(19-26)33(34,35)36/h8-10,19-20,22-23H,6-7,11-18,21H2,1-5H3. The summed E-state index contributed by atoms with van der Waals surface area (Å²) in [6, 6.07) is 5.80. The Balaban J connectivity index is 1.45. The first kappa shape index (κ1) is 35.3. The second-order valence-corrected chi connectivity index (χ2v) is 19.2. The number of rotatable bonds is 14. The van der Waals surface area contributed by atoms with E-state index in [4.69, 9.17) is 9.72 Å². The van der Waals surface area contributed by atoms with Gasteiger partial charge < -0.3 is 14.2 Å². The van der Waals surface area contributed by atoms with Gasteiger partial charge in [-0.3, -0.25) is 23.4 Å². The molecule has 1 amide bonds. The van der Waals surface area contributed by atoms with E-state index in [1.165, 1.54) is 21.6 Å². The van der Waals surface area contributed by atoms with Crippen molar-refractivity contribution in [3.8, 4) is 11.4 Å². The molecule has 0 bridgehead atoms. The van der Waals surface area contributed by atoms with Gasteiger partial charge in [0.15, 0.2) is 11.2 Å². The number of halogens is 3. The number of ether oxygens (including phenoxy) is 1. The SMILES string of the molecule is CCCn1c(=O)c2c(nc(-c3cnn(CC4CCN(c5cccc(C(F)(F)F)c5)C4=O)c3)n2CCOCC[Si](C)(C)C)n(CCC)c1=O. The van der Waals surface area contributed by atoms with Gasteiger partial charge in [-0.15, -0.1) is 0 Å². The molecule has 3 aromatic heterocycles. The van der Waals surface area contributed by atoms with Crippen molar-refractivity contribution >= 4 is 30.8 Å². The summed E-state index contributed by atoms with van der Waals surface area (Å²) in [6.07, 6.45) is 0.599. The largest absolute Gasteiger partial charge is 0.416 e. The van der Waals surface area contributed by atoms with E-state index in [2.05, 4.69) is 24.7 Å². The molecule has 0 saturated carbocycles. The summed E-state index contributed by atoms with van der Waals surface area (Å²) in [5.41, 5.74) is -0.134. The fraction of sp³-hybridized carbons (Fsp3) is 0.545. The summed E-state index contributed by atoms with van der Waals surface area (Å²) in [5.74, 6) is -0.292. The third kappa shape index (κ3) is 7.51. The van der Waals surface area contributed by atoms with E-state index >= 15 is 0 Å². The third-order valence-corrected chi connectivity index (χ3v) is 10.3. The lowest BCUT2D eigenvalue weighted by Crippen LogP contribution is -2.40. The minimum absolute atomic E-state index is 0.214. The lowest BCUT2D eigenvalue weighted by molar-refractivity contribution is -0.137. The molecule has 4 aromatic rings. The van der Waals surface area contributed by atoms with Gasteiger partial charge in [-0.05, 0) is 43.5 Å². The van der Waals surface area contributed by atoms with Crippen LogP contribution in [0.25, 0.3) is 22.6 Å². The van der Waals surface area contributed by atoms with E-state index in [0.717, 1.165) is 18.2 Å². The minimum Gasteiger partial charge on any atom is -0.380 e. The number of aryl methyl sites for hydroxylation is 1. The molecular weight excluding hydrogens is 643 g/mol. The van der Waals surface area contributed by atoms with Crippen LogP contribution in [-0.2, 0) is 41.9 Å². The molecule has 4 heterocycles. The zero-order valence-corrected chi connectivity index (χ0v) is 29.2. The van der Waals surface area contributed by atoms with Gasteiger partial charge in [0.25, 0.3) is 5.56 Å². The first-order valence-electron chi connectivity index (χ1n) is 16.6. The van der Waals surface area contributed by atoms with Crippen LogP contribution in [0.3, 0.4) is 0 Å². The number of anilines is 1. The molecule has 1 atom stereocenters. The fourth-order valence-electron chi connectivity index (χ4n) is 6.03. The molecule has 1 aromatic carbocycles. The van der Waals surface area contributed by atoms with Crippen LogP contribution in [0.1, 0.15) is 38.7 Å². The second-order valence-electron chi connectivity index (χ2n) is 13.5. The van der Waals surface area contributed by atoms with Crippen molar-refractivity contribution in [1.82, 2.24) is 28.5 Å². The number of nitrogens with zero attached hydrogens (tertiary/aromatic N) is 7. The first-order valence-corrected chi connectivity index (χ1v) is 20.3. The van der Waals surface area contributed by atoms with Gasteiger partial charge in [-0.2, -0.15) is 18.3 Å². The Kier molecular flexibility index (Phi) is 10.5. The summed E-state index contributed by atoms with van der Waals surface area (Å²) in [5, 5.41) is 4.49. The van der Waals surface area contributed by atoms with Crippen molar-refractivity contribution in [2.24, 2.45) is 5.92 Å². The highest BCUT2D eigenvalue weighted by atomic mass is 28.3. The number of amides is 1. The van der Waals surface area contributed by atoms with Crippen LogP contribution in [0, 0.1) is 5.92 Å². The Hall–Kier alpha value is -3.98. The molecule has 0 N–H and O–H groups in total. The molecule has 0 radical (unpaired) electrons. The number of benzene rings is 1. The van der Waals surface area contributed by atoms with Crippen molar-refractivity contribution in [1.29, 1.82) is 0 Å². The van der Waals surface area contributed by atoms with Crippen LogP contribution < -0.4 is 16.1 Å². The molecule has 1 saturated heterocycles. The molecule has 0 spiro atoms. The number of aromatic nitrogens is 6. The monoisotopic (exact) mass is 687 g/mol. The van der Waals surface area contributed by atoms with Gasteiger partial charge in [0.05, 0.1) is 36.4 Å². The fourth-order valence-corrected chi connectivity index (χ4v) is 6.79. The number of fused-ring (bicyclic) bond motifs is 1. The molecule has 1 aliphatic rings. The van der Waals surface area contributed by atoms with Gasteiger partial charge >= 0.3 is 11.9 Å². The molecule has 260 valence electrons. The molecule has 1 unspecified atom stereocenters. The van der Waals surface area contributed by atoms with Gasteiger partial charge in [0.2, 0.25) is 5.91 Å². The number of hydrogen-bond acceptors (Lipinski definition) is 6. The zero-order valence-electron chi connectivity index (χ0n) is 28.2. The van der Waals surface area contributed by atoms with Crippen LogP contribution in [0.2, 0.25) is 25.7 Å². The molecule has 15 heteroatoms. The third-order valence-electron chi connectivity index (χ3n) is 8.56. The highest BCUT2D eigenvalue weighted by Crippen LogP contribution is 2.34. The number of hydrogen-bond donors (Lipinski definition) is 0. The van der Waals surface area contributed by atoms with Crippen molar-refractivity contribution < 1.29 is 22.7 Å². The topological polar surface area (TPSA) is 109 Å². The van der Waals surface area contributed by atoms with Crippen molar-refractivity contribution in [3.63, 3.8) is 0 Å². The van der Waals surface area contributed by atoms with Crippen LogP contribution in [0.5, 0.6) is 0 Å². The average Bonchev–Trinajstić information content (AvgIpc) is 3.74. The van der Waals surface area contributed by atoms with E-state index < -0.39 is 31.3 Å². The molecule has 5 rings (SSSR count). The normalized spacial score (nSPS) is 15.7. The first-order chi connectivity index (χ1) is 22.7. The highest BCUT2D eigenvalue weighted by molar-refractivity contribution is 6.76. The number of carbonyl (C=O) groups excluding carboxylic acids is 1. The van der Waals surface area contributed by atoms with E-state index in [-0.39, 0.29) is 30.4 Å². The van der Waals surface area contributed by atoms with E-state index in [0.29, 0.717) is 74.7 Å². The predicted molar refractivity (Wildman–Crippen MR) is 181 cm³/mol. The van der Waals surface area contributed by atoms with Gasteiger partial charge in [-0.1, -0.05) is 39.6 Å². The molecular formula is C33H44F3N7O4Si. The van der Waals surface area contributed by atoms with Crippen molar-refractivity contribution in [2.45, 2.75) is 91.2 Å². The van der Waals surface area contributed by atoms with E-state index in [1.807, 2.05) is 13.8 Å². The maximum absolute atomic E-state index is 13.8. The van der Waals surface area contributed by atoms with E-state index in [9.17, 15) is 27.6 Å².